The number of rotatable bonds is 3. The highest BCUT2D eigenvalue weighted by Crippen LogP contribution is 2.24. The van der Waals surface area contributed by atoms with Crippen molar-refractivity contribution < 1.29 is 9.13 Å². The molecule has 0 fully saturated rings. The zero-order valence-corrected chi connectivity index (χ0v) is 9.19. The fourth-order valence-corrected chi connectivity index (χ4v) is 1.55. The first-order chi connectivity index (χ1) is 7.75. The summed E-state index contributed by atoms with van der Waals surface area (Å²) >= 11 is 6.06. The Morgan fingerprint density at radius 2 is 1.56 bits per heavy atom. The van der Waals surface area contributed by atoms with Crippen molar-refractivity contribution in [3.05, 3.63) is 66.0 Å². The Morgan fingerprint density at radius 1 is 0.938 bits per heavy atom. The van der Waals surface area contributed by atoms with Crippen LogP contribution in [0.3, 0.4) is 0 Å². The molecule has 1 atom stereocenters. The molecule has 16 heavy (non-hydrogen) atoms. The highest BCUT2D eigenvalue weighted by molar-refractivity contribution is 6.20. The van der Waals surface area contributed by atoms with Gasteiger partial charge in [-0.1, -0.05) is 41.9 Å². The third-order valence-electron chi connectivity index (χ3n) is 2.11. The molecule has 0 aromatic heterocycles. The highest BCUT2D eigenvalue weighted by atomic mass is 35.5. The summed E-state index contributed by atoms with van der Waals surface area (Å²) in [5.41, 5.74) is 0.306. The molecule has 2 rings (SSSR count). The zero-order chi connectivity index (χ0) is 11.4. The second-order valence-corrected chi connectivity index (χ2v) is 3.69. The van der Waals surface area contributed by atoms with Gasteiger partial charge in [-0.15, -0.1) is 0 Å². The van der Waals surface area contributed by atoms with Gasteiger partial charge in [0.05, 0.1) is 0 Å². The minimum atomic E-state index is -0.563. The van der Waals surface area contributed by atoms with Gasteiger partial charge in [-0.25, -0.2) is 4.39 Å². The van der Waals surface area contributed by atoms with E-state index in [4.69, 9.17) is 16.3 Å². The van der Waals surface area contributed by atoms with Crippen LogP contribution in [0.5, 0.6) is 5.75 Å². The van der Waals surface area contributed by atoms with Crippen molar-refractivity contribution in [3.63, 3.8) is 0 Å². The maximum absolute atomic E-state index is 12.7. The number of alkyl halides is 1. The number of benzene rings is 2. The number of hydrogen-bond donors (Lipinski definition) is 0. The molecule has 3 heteroatoms. The summed E-state index contributed by atoms with van der Waals surface area (Å²) in [6.07, 6.45) is 0. The number of hydrogen-bond acceptors (Lipinski definition) is 1. The first kappa shape index (κ1) is 11.0. The molecule has 0 aliphatic rings. The Bertz CT molecular complexity index is 441. The van der Waals surface area contributed by atoms with E-state index >= 15 is 0 Å². The second kappa shape index (κ2) is 4.99. The normalized spacial score (nSPS) is 12.1. The molecule has 1 nitrogen and oxygen atoms in total. The largest absolute Gasteiger partial charge is 0.470 e. The molecular formula is C13H10ClFO. The van der Waals surface area contributed by atoms with Crippen LogP contribution in [0, 0.1) is 5.82 Å². The Labute approximate surface area is 98.4 Å². The monoisotopic (exact) mass is 236 g/mol. The Balaban J connectivity index is 2.08. The first-order valence-electron chi connectivity index (χ1n) is 4.87. The summed E-state index contributed by atoms with van der Waals surface area (Å²) in [5.74, 6) is 0.253. The lowest BCUT2D eigenvalue weighted by atomic mass is 10.2. The lowest BCUT2D eigenvalue weighted by Crippen LogP contribution is -1.99. The lowest BCUT2D eigenvalue weighted by molar-refractivity contribution is 0.288. The van der Waals surface area contributed by atoms with Gasteiger partial charge in [0.25, 0.3) is 0 Å². The minimum Gasteiger partial charge on any atom is -0.470 e. The predicted octanol–water partition coefficient (Wildman–Crippen LogP) is 4.14. The smallest absolute Gasteiger partial charge is 0.197 e. The van der Waals surface area contributed by atoms with E-state index < -0.39 is 5.56 Å². The van der Waals surface area contributed by atoms with E-state index in [0.717, 1.165) is 5.56 Å². The van der Waals surface area contributed by atoms with Gasteiger partial charge in [0.2, 0.25) is 0 Å². The van der Waals surface area contributed by atoms with Crippen molar-refractivity contribution in [1.82, 2.24) is 0 Å². The van der Waals surface area contributed by atoms with E-state index in [-0.39, 0.29) is 5.82 Å². The quantitative estimate of drug-likeness (QED) is 0.728. The average Bonchev–Trinajstić information content (AvgIpc) is 2.33. The lowest BCUT2D eigenvalue weighted by Gasteiger charge is -2.12. The summed E-state index contributed by atoms with van der Waals surface area (Å²) in [7, 11) is 0. The van der Waals surface area contributed by atoms with Crippen LogP contribution >= 0.6 is 11.6 Å². The van der Waals surface area contributed by atoms with Crippen molar-refractivity contribution in [1.29, 1.82) is 0 Å². The van der Waals surface area contributed by atoms with E-state index in [1.165, 1.54) is 12.1 Å². The highest BCUT2D eigenvalue weighted by Gasteiger charge is 2.08. The molecule has 0 saturated carbocycles. The maximum atomic E-state index is 12.7. The molecule has 0 aliphatic heterocycles. The minimum absolute atomic E-state index is 0.293. The standard InChI is InChI=1S/C13H10ClFO/c14-13(10-4-2-1-3-5-10)16-12-8-6-11(15)7-9-12/h1-9,13H. The van der Waals surface area contributed by atoms with Crippen LogP contribution in [0.4, 0.5) is 4.39 Å². The van der Waals surface area contributed by atoms with Crippen LogP contribution < -0.4 is 4.74 Å². The molecular weight excluding hydrogens is 227 g/mol. The molecule has 0 N–H and O–H groups in total. The molecule has 0 radical (unpaired) electrons. The van der Waals surface area contributed by atoms with Gasteiger partial charge in [-0.3, -0.25) is 0 Å². The van der Waals surface area contributed by atoms with Crippen molar-refractivity contribution in [2.75, 3.05) is 0 Å². The van der Waals surface area contributed by atoms with E-state index in [9.17, 15) is 4.39 Å². The summed E-state index contributed by atoms with van der Waals surface area (Å²) in [6, 6.07) is 15.2. The van der Waals surface area contributed by atoms with E-state index in [1.807, 2.05) is 30.3 Å². The number of halogens is 2. The second-order valence-electron chi connectivity index (χ2n) is 3.30. The predicted molar refractivity (Wildman–Crippen MR) is 62.1 cm³/mol. The molecule has 0 heterocycles. The molecule has 2 aromatic carbocycles. The van der Waals surface area contributed by atoms with Gasteiger partial charge < -0.3 is 4.74 Å². The van der Waals surface area contributed by atoms with E-state index in [1.54, 1.807) is 12.1 Å². The van der Waals surface area contributed by atoms with Crippen LogP contribution in [0.2, 0.25) is 0 Å². The van der Waals surface area contributed by atoms with Crippen LogP contribution in [-0.2, 0) is 0 Å². The van der Waals surface area contributed by atoms with Crippen LogP contribution in [0.15, 0.2) is 54.6 Å². The summed E-state index contributed by atoms with van der Waals surface area (Å²) < 4.78 is 18.1. The van der Waals surface area contributed by atoms with E-state index in [0.29, 0.717) is 5.75 Å². The molecule has 0 saturated heterocycles. The fourth-order valence-electron chi connectivity index (χ4n) is 1.31. The molecule has 0 amide bonds. The topological polar surface area (TPSA) is 9.23 Å². The van der Waals surface area contributed by atoms with Crippen molar-refractivity contribution in [2.45, 2.75) is 5.56 Å². The summed E-state index contributed by atoms with van der Waals surface area (Å²) in [6.45, 7) is 0. The third-order valence-corrected chi connectivity index (χ3v) is 2.46. The van der Waals surface area contributed by atoms with Gasteiger partial charge in [0.15, 0.2) is 5.56 Å². The average molecular weight is 237 g/mol. The van der Waals surface area contributed by atoms with Gasteiger partial charge in [0.1, 0.15) is 11.6 Å². The number of ether oxygens (including phenoxy) is 1. The van der Waals surface area contributed by atoms with Crippen LogP contribution in [-0.4, -0.2) is 0 Å². The van der Waals surface area contributed by atoms with Crippen molar-refractivity contribution in [2.24, 2.45) is 0 Å². The summed E-state index contributed by atoms with van der Waals surface area (Å²) in [5, 5.41) is 0. The first-order valence-corrected chi connectivity index (χ1v) is 5.30. The zero-order valence-electron chi connectivity index (χ0n) is 8.44. The maximum Gasteiger partial charge on any atom is 0.197 e. The Hall–Kier alpha value is -1.54. The van der Waals surface area contributed by atoms with Crippen LogP contribution in [0.1, 0.15) is 11.1 Å². The van der Waals surface area contributed by atoms with Crippen molar-refractivity contribution >= 4 is 11.6 Å². The molecule has 82 valence electrons. The molecule has 0 bridgehead atoms. The fraction of sp³-hybridized carbons (Fsp3) is 0.0769. The van der Waals surface area contributed by atoms with Gasteiger partial charge in [0, 0.05) is 5.56 Å². The van der Waals surface area contributed by atoms with Crippen molar-refractivity contribution in [3.8, 4) is 5.75 Å². The van der Waals surface area contributed by atoms with Crippen LogP contribution in [0.25, 0.3) is 0 Å². The van der Waals surface area contributed by atoms with E-state index in [2.05, 4.69) is 0 Å². The molecule has 2 aromatic rings. The molecule has 0 spiro atoms. The van der Waals surface area contributed by atoms with Gasteiger partial charge >= 0.3 is 0 Å². The summed E-state index contributed by atoms with van der Waals surface area (Å²) in [4.78, 5) is 0. The third kappa shape index (κ3) is 2.74. The SMILES string of the molecule is Fc1ccc(OC(Cl)c2ccccc2)cc1. The van der Waals surface area contributed by atoms with Gasteiger partial charge in [-0.05, 0) is 24.3 Å². The molecule has 0 aliphatic carbocycles. The molecule has 1 unspecified atom stereocenters. The van der Waals surface area contributed by atoms with Gasteiger partial charge in [-0.2, -0.15) is 0 Å². The Morgan fingerprint density at radius 3 is 2.19 bits per heavy atom. The Kier molecular flexibility index (Phi) is 3.42.